The number of thioether (sulfide) groups is 2. The van der Waals surface area contributed by atoms with Crippen molar-refractivity contribution in [2.24, 2.45) is 0 Å². The number of para-hydroxylation sites is 1. The number of ether oxygens (including phenoxy) is 1. The van der Waals surface area contributed by atoms with Crippen molar-refractivity contribution in [3.63, 3.8) is 0 Å². The van der Waals surface area contributed by atoms with Gasteiger partial charge in [-0.25, -0.2) is 0 Å². The quantitative estimate of drug-likeness (QED) is 0.311. The number of aromatic nitrogens is 4. The summed E-state index contributed by atoms with van der Waals surface area (Å²) in [5.74, 6) is -0.487. The van der Waals surface area contributed by atoms with Gasteiger partial charge in [0.05, 0.1) is 12.0 Å². The molecule has 2 heterocycles. The lowest BCUT2D eigenvalue weighted by Crippen LogP contribution is -1.99. The van der Waals surface area contributed by atoms with Crippen molar-refractivity contribution < 1.29 is 13.5 Å². The van der Waals surface area contributed by atoms with E-state index in [2.05, 4.69) is 31.9 Å². The molecule has 4 aromatic rings. The molecule has 5 nitrogen and oxygen atoms in total. The van der Waals surface area contributed by atoms with E-state index in [1.807, 2.05) is 30.5 Å². The molecule has 1 N–H and O–H groups in total. The van der Waals surface area contributed by atoms with Gasteiger partial charge in [0.1, 0.15) is 5.75 Å². The number of hydrogen-bond acceptors (Lipinski definition) is 5. The molecular formula is C22H20F2N4OS2. The maximum Gasteiger partial charge on any atom is 0.289 e. The number of benzene rings is 2. The third-order valence-corrected chi connectivity index (χ3v) is 7.00. The molecule has 0 saturated heterocycles. The summed E-state index contributed by atoms with van der Waals surface area (Å²) in [7, 11) is 1.50. The Balaban J connectivity index is 1.41. The zero-order chi connectivity index (χ0) is 21.4. The molecule has 1 saturated carbocycles. The fourth-order valence-corrected chi connectivity index (χ4v) is 5.17. The molecule has 1 aliphatic carbocycles. The van der Waals surface area contributed by atoms with Gasteiger partial charge < -0.3 is 9.72 Å². The van der Waals surface area contributed by atoms with Crippen molar-refractivity contribution >= 4 is 34.4 Å². The molecule has 0 spiro atoms. The highest BCUT2D eigenvalue weighted by atomic mass is 32.2. The van der Waals surface area contributed by atoms with Crippen LogP contribution in [0.15, 0.2) is 58.7 Å². The summed E-state index contributed by atoms with van der Waals surface area (Å²) in [6.07, 6.45) is 4.23. The summed E-state index contributed by atoms with van der Waals surface area (Å²) >= 11 is 2.10. The zero-order valence-corrected chi connectivity index (χ0v) is 18.4. The normalized spacial score (nSPS) is 13.9. The summed E-state index contributed by atoms with van der Waals surface area (Å²) in [5.41, 5.74) is 3.11. The van der Waals surface area contributed by atoms with Crippen LogP contribution in [0.5, 0.6) is 5.75 Å². The van der Waals surface area contributed by atoms with Crippen molar-refractivity contribution in [1.82, 2.24) is 19.7 Å². The van der Waals surface area contributed by atoms with Crippen LogP contribution in [0.25, 0.3) is 22.3 Å². The molecule has 0 bridgehead atoms. The highest BCUT2D eigenvalue weighted by molar-refractivity contribution is 7.99. The van der Waals surface area contributed by atoms with Crippen LogP contribution in [0.3, 0.4) is 0 Å². The molecular weight excluding hydrogens is 438 g/mol. The first-order chi connectivity index (χ1) is 15.1. The Kier molecular flexibility index (Phi) is 5.62. The summed E-state index contributed by atoms with van der Waals surface area (Å²) in [5, 5.41) is 11.0. The van der Waals surface area contributed by atoms with Crippen LogP contribution >= 0.6 is 23.5 Å². The first-order valence-corrected chi connectivity index (χ1v) is 11.8. The van der Waals surface area contributed by atoms with E-state index in [-0.39, 0.29) is 0 Å². The molecule has 160 valence electrons. The molecule has 0 amide bonds. The Morgan fingerprint density at radius 3 is 2.81 bits per heavy atom. The lowest BCUT2D eigenvalue weighted by atomic mass is 10.1. The van der Waals surface area contributed by atoms with E-state index in [0.717, 1.165) is 45.9 Å². The van der Waals surface area contributed by atoms with Crippen molar-refractivity contribution in [3.8, 4) is 17.1 Å². The Hall–Kier alpha value is -2.52. The SMILES string of the molecule is COc1cc(CSc2nnc(-c3c[nH]c4ccccc34)n2C2CC2)ccc1SC(F)F. The van der Waals surface area contributed by atoms with Crippen LogP contribution in [0.2, 0.25) is 0 Å². The van der Waals surface area contributed by atoms with Gasteiger partial charge in [-0.3, -0.25) is 4.57 Å². The average Bonchev–Trinajstić information content (AvgIpc) is 3.38. The lowest BCUT2D eigenvalue weighted by Gasteiger charge is -2.11. The summed E-state index contributed by atoms with van der Waals surface area (Å²) < 4.78 is 33.0. The molecule has 0 radical (unpaired) electrons. The maximum absolute atomic E-state index is 12.7. The average molecular weight is 459 g/mol. The molecule has 31 heavy (non-hydrogen) atoms. The molecule has 1 fully saturated rings. The van der Waals surface area contributed by atoms with E-state index in [1.54, 1.807) is 17.8 Å². The first-order valence-electron chi connectivity index (χ1n) is 9.90. The number of H-pyrrole nitrogens is 1. The summed E-state index contributed by atoms with van der Waals surface area (Å²) in [6, 6.07) is 14.0. The second-order valence-electron chi connectivity index (χ2n) is 7.31. The van der Waals surface area contributed by atoms with Crippen molar-refractivity contribution in [2.45, 2.75) is 40.4 Å². The molecule has 2 aromatic heterocycles. The van der Waals surface area contributed by atoms with Crippen molar-refractivity contribution in [3.05, 3.63) is 54.2 Å². The third-order valence-electron chi connectivity index (χ3n) is 5.22. The van der Waals surface area contributed by atoms with Crippen LogP contribution in [0, 0.1) is 0 Å². The number of rotatable bonds is 8. The van der Waals surface area contributed by atoms with Gasteiger partial charge in [0.2, 0.25) is 0 Å². The van der Waals surface area contributed by atoms with Gasteiger partial charge >= 0.3 is 0 Å². The second-order valence-corrected chi connectivity index (χ2v) is 9.28. The molecule has 2 aromatic carbocycles. The van der Waals surface area contributed by atoms with Crippen LogP contribution in [-0.2, 0) is 5.75 Å². The zero-order valence-electron chi connectivity index (χ0n) is 16.7. The van der Waals surface area contributed by atoms with Gasteiger partial charge in [-0.05, 0) is 36.6 Å². The highest BCUT2D eigenvalue weighted by Crippen LogP contribution is 2.43. The van der Waals surface area contributed by atoms with Gasteiger partial charge in [-0.15, -0.1) is 10.2 Å². The van der Waals surface area contributed by atoms with Crippen LogP contribution in [0.4, 0.5) is 8.78 Å². The number of halogens is 2. The van der Waals surface area contributed by atoms with E-state index in [4.69, 9.17) is 4.74 Å². The largest absolute Gasteiger partial charge is 0.496 e. The molecule has 1 aliphatic rings. The van der Waals surface area contributed by atoms with Crippen molar-refractivity contribution in [1.29, 1.82) is 0 Å². The van der Waals surface area contributed by atoms with Crippen LogP contribution in [-0.4, -0.2) is 32.6 Å². The molecule has 0 unspecified atom stereocenters. The minimum absolute atomic E-state index is 0.417. The number of aromatic amines is 1. The van der Waals surface area contributed by atoms with Gasteiger partial charge in [-0.2, -0.15) is 8.78 Å². The Labute approximate surface area is 186 Å². The van der Waals surface area contributed by atoms with Gasteiger partial charge in [-0.1, -0.05) is 47.8 Å². The number of alkyl halides is 2. The number of nitrogens with zero attached hydrogens (tertiary/aromatic N) is 3. The minimum Gasteiger partial charge on any atom is -0.496 e. The standard InChI is InChI=1S/C22H20F2N4OS2/c1-29-18-10-13(6-9-19(18)31-21(23)24)12-30-22-27-26-20(28(22)14-7-8-14)16-11-25-17-5-3-2-4-15(16)17/h2-6,9-11,14,21,25H,7-8,12H2,1H3. The monoisotopic (exact) mass is 458 g/mol. The summed E-state index contributed by atoms with van der Waals surface area (Å²) in [4.78, 5) is 3.75. The number of fused-ring (bicyclic) bond motifs is 1. The molecule has 0 aliphatic heterocycles. The van der Waals surface area contributed by atoms with Crippen molar-refractivity contribution in [2.75, 3.05) is 7.11 Å². The third kappa shape index (κ3) is 4.16. The summed E-state index contributed by atoms with van der Waals surface area (Å²) in [6.45, 7) is 0. The van der Waals surface area contributed by atoms with Crippen LogP contribution < -0.4 is 4.74 Å². The smallest absolute Gasteiger partial charge is 0.289 e. The fourth-order valence-electron chi connectivity index (χ4n) is 3.62. The second kappa shape index (κ2) is 8.55. The van der Waals surface area contributed by atoms with E-state index < -0.39 is 5.76 Å². The molecule has 0 atom stereocenters. The van der Waals surface area contributed by atoms with Gasteiger partial charge in [0.25, 0.3) is 5.76 Å². The first kappa shape index (κ1) is 20.4. The Morgan fingerprint density at radius 2 is 2.03 bits per heavy atom. The lowest BCUT2D eigenvalue weighted by molar-refractivity contribution is 0.251. The maximum atomic E-state index is 12.7. The number of nitrogens with one attached hydrogen (secondary N) is 1. The predicted octanol–water partition coefficient (Wildman–Crippen LogP) is 6.38. The van der Waals surface area contributed by atoms with E-state index in [9.17, 15) is 8.78 Å². The van der Waals surface area contributed by atoms with Crippen LogP contribution in [0.1, 0.15) is 24.4 Å². The fraction of sp³-hybridized carbons (Fsp3) is 0.273. The van der Waals surface area contributed by atoms with Gasteiger partial charge in [0.15, 0.2) is 11.0 Å². The van der Waals surface area contributed by atoms with E-state index in [0.29, 0.717) is 34.2 Å². The van der Waals surface area contributed by atoms with E-state index in [1.165, 1.54) is 7.11 Å². The van der Waals surface area contributed by atoms with E-state index >= 15 is 0 Å². The highest BCUT2D eigenvalue weighted by Gasteiger charge is 2.31. The predicted molar refractivity (Wildman–Crippen MR) is 120 cm³/mol. The topological polar surface area (TPSA) is 55.7 Å². The molecule has 9 heteroatoms. The number of hydrogen-bond donors (Lipinski definition) is 1. The van der Waals surface area contributed by atoms with Gasteiger partial charge in [0, 0.05) is 34.5 Å². The number of methoxy groups -OCH3 is 1. The minimum atomic E-state index is -2.48. The molecule has 5 rings (SSSR count). The Bertz CT molecular complexity index is 1220. The Morgan fingerprint density at radius 1 is 1.19 bits per heavy atom.